The summed E-state index contributed by atoms with van der Waals surface area (Å²) >= 11 is 0. The first kappa shape index (κ1) is 21.4. The van der Waals surface area contributed by atoms with Crippen molar-refractivity contribution in [2.75, 3.05) is 11.9 Å². The molecule has 2 aromatic heterocycles. The third-order valence-electron chi connectivity index (χ3n) is 5.89. The van der Waals surface area contributed by atoms with E-state index in [0.717, 1.165) is 33.7 Å². The highest BCUT2D eigenvalue weighted by Crippen LogP contribution is 2.34. The lowest BCUT2D eigenvalue weighted by molar-refractivity contribution is -0.143. The number of hydrogen-bond donors (Lipinski definition) is 1. The summed E-state index contributed by atoms with van der Waals surface area (Å²) in [6.07, 6.45) is 0.689. The van der Waals surface area contributed by atoms with E-state index in [-0.39, 0.29) is 12.4 Å². The van der Waals surface area contributed by atoms with Crippen LogP contribution in [0.2, 0.25) is 0 Å². The number of rotatable bonds is 6. The molecule has 0 saturated carbocycles. The number of aromatic nitrogens is 2. The average Bonchev–Trinajstić information content (AvgIpc) is 3.15. The fraction of sp³-hybridized carbons (Fsp3) is 0.269. The first-order valence-corrected chi connectivity index (χ1v) is 10.8. The number of anilines is 2. The molecule has 0 aliphatic carbocycles. The number of aryl methyl sites for hydroxylation is 2. The topological polar surface area (TPSA) is 79.4 Å². The highest BCUT2D eigenvalue weighted by molar-refractivity contribution is 5.87. The van der Waals surface area contributed by atoms with E-state index in [4.69, 9.17) is 9.72 Å². The number of imidazole rings is 1. The van der Waals surface area contributed by atoms with Gasteiger partial charge in [0.05, 0.1) is 23.2 Å². The van der Waals surface area contributed by atoms with E-state index in [1.807, 2.05) is 41.7 Å². The Hall–Kier alpha value is -3.85. The molecule has 2 aromatic carbocycles. The molecule has 0 amide bonds. The molecule has 0 aliphatic heterocycles. The zero-order valence-electron chi connectivity index (χ0n) is 18.8. The van der Waals surface area contributed by atoms with E-state index in [9.17, 15) is 10.1 Å². The largest absolute Gasteiger partial charge is 0.466 e. The van der Waals surface area contributed by atoms with Gasteiger partial charge in [-0.15, -0.1) is 0 Å². The molecule has 0 atom stereocenters. The summed E-state index contributed by atoms with van der Waals surface area (Å²) < 4.78 is 7.14. The van der Waals surface area contributed by atoms with Crippen LogP contribution in [0, 0.1) is 32.1 Å². The zero-order valence-corrected chi connectivity index (χ0v) is 18.8. The number of nitriles is 1. The molecule has 4 rings (SSSR count). The molecule has 32 heavy (non-hydrogen) atoms. The van der Waals surface area contributed by atoms with Gasteiger partial charge in [-0.3, -0.25) is 9.20 Å². The molecule has 162 valence electrons. The van der Waals surface area contributed by atoms with Crippen LogP contribution in [0.1, 0.15) is 41.2 Å². The van der Waals surface area contributed by atoms with Crippen molar-refractivity contribution in [3.05, 3.63) is 70.3 Å². The second-order valence-corrected chi connectivity index (χ2v) is 7.93. The number of carbonyl (C=O) groups excluding carboxylic acids is 1. The van der Waals surface area contributed by atoms with Gasteiger partial charge >= 0.3 is 5.97 Å². The number of carbonyl (C=O) groups is 1. The number of esters is 1. The summed E-state index contributed by atoms with van der Waals surface area (Å²) in [6.45, 7) is 8.23. The molecule has 0 spiro atoms. The number of nitrogens with zero attached hydrogens (tertiary/aromatic N) is 3. The van der Waals surface area contributed by atoms with Crippen molar-refractivity contribution >= 4 is 34.2 Å². The van der Waals surface area contributed by atoms with Crippen molar-refractivity contribution in [2.24, 2.45) is 0 Å². The van der Waals surface area contributed by atoms with Crippen molar-refractivity contribution in [1.82, 2.24) is 9.38 Å². The van der Waals surface area contributed by atoms with Crippen molar-refractivity contribution in [2.45, 2.75) is 40.5 Å². The lowest BCUT2D eigenvalue weighted by atomic mass is 10.00. The number of ether oxygens (including phenoxy) is 1. The summed E-state index contributed by atoms with van der Waals surface area (Å²) in [5, 5.41) is 13.5. The van der Waals surface area contributed by atoms with Crippen LogP contribution in [0.3, 0.4) is 0 Å². The monoisotopic (exact) mass is 426 g/mol. The molecule has 0 radical (unpaired) electrons. The molecular formula is C26H26N4O2. The summed E-state index contributed by atoms with van der Waals surface area (Å²) in [7, 11) is 0. The number of pyridine rings is 1. The van der Waals surface area contributed by atoms with E-state index in [2.05, 4.69) is 37.4 Å². The van der Waals surface area contributed by atoms with E-state index in [1.165, 1.54) is 11.1 Å². The fourth-order valence-corrected chi connectivity index (χ4v) is 4.04. The van der Waals surface area contributed by atoms with Crippen LogP contribution in [0.15, 0.2) is 42.5 Å². The Kier molecular flexibility index (Phi) is 5.83. The Morgan fingerprint density at radius 1 is 1.16 bits per heavy atom. The Bertz CT molecular complexity index is 1380. The second-order valence-electron chi connectivity index (χ2n) is 7.93. The number of hydrogen-bond acceptors (Lipinski definition) is 5. The summed E-state index contributed by atoms with van der Waals surface area (Å²) in [6, 6.07) is 16.4. The molecule has 6 nitrogen and oxygen atoms in total. The third kappa shape index (κ3) is 3.78. The number of fused-ring (bicyclic) bond motifs is 3. The normalized spacial score (nSPS) is 11.0. The van der Waals surface area contributed by atoms with Gasteiger partial charge in [0.25, 0.3) is 0 Å². The molecule has 0 unspecified atom stereocenters. The number of para-hydroxylation sites is 2. The maximum absolute atomic E-state index is 12.1. The van der Waals surface area contributed by atoms with Gasteiger partial charge in [-0.2, -0.15) is 5.26 Å². The molecule has 6 heteroatoms. The van der Waals surface area contributed by atoms with Crippen LogP contribution in [-0.4, -0.2) is 22.0 Å². The zero-order chi connectivity index (χ0) is 22.8. The quantitative estimate of drug-likeness (QED) is 0.411. The van der Waals surface area contributed by atoms with Crippen molar-refractivity contribution in [1.29, 1.82) is 5.26 Å². The number of nitrogens with one attached hydrogen (secondary N) is 1. The summed E-state index contributed by atoms with van der Waals surface area (Å²) in [4.78, 5) is 16.9. The predicted octanol–water partition coefficient (Wildman–Crippen LogP) is 5.52. The Balaban J connectivity index is 1.97. The maximum Gasteiger partial charge on any atom is 0.306 e. The van der Waals surface area contributed by atoms with Crippen molar-refractivity contribution in [3.63, 3.8) is 0 Å². The molecule has 0 bridgehead atoms. The van der Waals surface area contributed by atoms with Gasteiger partial charge in [-0.05, 0) is 80.6 Å². The van der Waals surface area contributed by atoms with Crippen LogP contribution < -0.4 is 5.32 Å². The van der Waals surface area contributed by atoms with Gasteiger partial charge in [0.1, 0.15) is 11.9 Å². The molecule has 0 fully saturated rings. The standard InChI is InChI=1S/C26H26N4O2/c1-5-32-24(31)13-12-20-18(4)21(15-27)26-29-22-8-6-7-9-23(22)30(26)25(20)28-19-11-10-16(2)17(3)14-19/h6-11,14,28H,5,12-13H2,1-4H3. The van der Waals surface area contributed by atoms with Crippen LogP contribution in [0.5, 0.6) is 0 Å². The summed E-state index contributed by atoms with van der Waals surface area (Å²) in [5.74, 6) is 0.566. The minimum Gasteiger partial charge on any atom is -0.466 e. The van der Waals surface area contributed by atoms with Crippen LogP contribution in [-0.2, 0) is 16.0 Å². The van der Waals surface area contributed by atoms with E-state index < -0.39 is 0 Å². The number of benzene rings is 2. The molecule has 0 aliphatic rings. The molecule has 0 saturated heterocycles. The molecule has 2 heterocycles. The maximum atomic E-state index is 12.1. The first-order chi connectivity index (χ1) is 15.4. The van der Waals surface area contributed by atoms with Gasteiger partial charge in [-0.1, -0.05) is 18.2 Å². The van der Waals surface area contributed by atoms with Gasteiger partial charge < -0.3 is 10.1 Å². The van der Waals surface area contributed by atoms with Gasteiger partial charge in [0.2, 0.25) is 0 Å². The van der Waals surface area contributed by atoms with Gasteiger partial charge in [-0.25, -0.2) is 4.98 Å². The van der Waals surface area contributed by atoms with Gasteiger partial charge in [0.15, 0.2) is 5.65 Å². The first-order valence-electron chi connectivity index (χ1n) is 10.8. The predicted molar refractivity (Wildman–Crippen MR) is 126 cm³/mol. The van der Waals surface area contributed by atoms with Crippen molar-refractivity contribution < 1.29 is 9.53 Å². The van der Waals surface area contributed by atoms with Crippen molar-refractivity contribution in [3.8, 4) is 6.07 Å². The Labute approximate surface area is 187 Å². The van der Waals surface area contributed by atoms with Crippen LogP contribution >= 0.6 is 0 Å². The lowest BCUT2D eigenvalue weighted by Crippen LogP contribution is -2.11. The molecule has 1 N–H and O–H groups in total. The van der Waals surface area contributed by atoms with Crippen LogP contribution in [0.4, 0.5) is 11.5 Å². The highest BCUT2D eigenvalue weighted by Gasteiger charge is 2.21. The Morgan fingerprint density at radius 3 is 2.66 bits per heavy atom. The average molecular weight is 427 g/mol. The smallest absolute Gasteiger partial charge is 0.306 e. The second kappa shape index (κ2) is 8.72. The van der Waals surface area contributed by atoms with E-state index in [1.54, 1.807) is 6.92 Å². The molecule has 4 aromatic rings. The molecular weight excluding hydrogens is 400 g/mol. The van der Waals surface area contributed by atoms with Crippen LogP contribution in [0.25, 0.3) is 16.7 Å². The van der Waals surface area contributed by atoms with E-state index >= 15 is 0 Å². The van der Waals surface area contributed by atoms with E-state index in [0.29, 0.717) is 24.2 Å². The Morgan fingerprint density at radius 2 is 1.94 bits per heavy atom. The minimum atomic E-state index is -0.252. The lowest BCUT2D eigenvalue weighted by Gasteiger charge is -2.19. The summed E-state index contributed by atoms with van der Waals surface area (Å²) in [5.41, 5.74) is 7.91. The third-order valence-corrected chi connectivity index (χ3v) is 5.89. The minimum absolute atomic E-state index is 0.235. The highest BCUT2D eigenvalue weighted by atomic mass is 16.5. The fourth-order valence-electron chi connectivity index (χ4n) is 4.04. The van der Waals surface area contributed by atoms with Gasteiger partial charge in [0, 0.05) is 12.1 Å². The SMILES string of the molecule is CCOC(=O)CCc1c(C)c(C#N)c2nc3ccccc3n2c1Nc1ccc(C)c(C)c1.